The lowest BCUT2D eigenvalue weighted by atomic mass is 9.94. The van der Waals surface area contributed by atoms with Crippen LogP contribution in [-0.4, -0.2) is 35.3 Å². The van der Waals surface area contributed by atoms with Gasteiger partial charge in [0.2, 0.25) is 0 Å². The van der Waals surface area contributed by atoms with Crippen molar-refractivity contribution in [2.75, 3.05) is 14.2 Å². The summed E-state index contributed by atoms with van der Waals surface area (Å²) in [5, 5.41) is 0. The van der Waals surface area contributed by atoms with Gasteiger partial charge in [-0.2, -0.15) is 0 Å². The van der Waals surface area contributed by atoms with Crippen LogP contribution in [0.2, 0.25) is 0 Å². The first-order chi connectivity index (χ1) is 16.4. The summed E-state index contributed by atoms with van der Waals surface area (Å²) in [6.45, 7) is 0. The van der Waals surface area contributed by atoms with Crippen molar-refractivity contribution in [3.8, 4) is 22.5 Å². The van der Waals surface area contributed by atoms with Gasteiger partial charge >= 0.3 is 11.9 Å². The summed E-state index contributed by atoms with van der Waals surface area (Å²) in [4.78, 5) is 49.9. The number of hydrogen-bond acceptors (Lipinski definition) is 6. The summed E-state index contributed by atoms with van der Waals surface area (Å²) in [6.07, 6.45) is 3.18. The highest BCUT2D eigenvalue weighted by Gasteiger charge is 2.21. The fourth-order valence-corrected chi connectivity index (χ4v) is 3.67. The molecular formula is C26H20N2O6. The zero-order valence-corrected chi connectivity index (χ0v) is 18.4. The predicted octanol–water partition coefficient (Wildman–Crippen LogP) is 3.23. The molecule has 2 aromatic carbocycles. The minimum absolute atomic E-state index is 0.158. The molecule has 0 aliphatic carbocycles. The number of hydrogen-bond donors (Lipinski definition) is 0. The number of esters is 2. The second kappa shape index (κ2) is 9.41. The quantitative estimate of drug-likeness (QED) is 0.428. The molecule has 0 atom stereocenters. The van der Waals surface area contributed by atoms with Gasteiger partial charge in [-0.1, -0.05) is 24.3 Å². The number of benzene rings is 2. The van der Waals surface area contributed by atoms with Crippen molar-refractivity contribution in [2.24, 2.45) is 0 Å². The average molecular weight is 456 g/mol. The van der Waals surface area contributed by atoms with Gasteiger partial charge in [-0.3, -0.25) is 18.7 Å². The Balaban J connectivity index is 1.94. The Bertz CT molecular complexity index is 1400. The molecule has 4 rings (SSSR count). The summed E-state index contributed by atoms with van der Waals surface area (Å²) < 4.78 is 12.7. The van der Waals surface area contributed by atoms with Crippen molar-refractivity contribution in [3.05, 3.63) is 117 Å². The molecule has 4 aromatic rings. The molecule has 0 saturated carbocycles. The zero-order valence-electron chi connectivity index (χ0n) is 18.4. The Hall–Kier alpha value is -4.72. The first-order valence-electron chi connectivity index (χ1n) is 10.3. The van der Waals surface area contributed by atoms with Crippen LogP contribution in [-0.2, 0) is 9.47 Å². The van der Waals surface area contributed by atoms with Crippen LogP contribution in [0.15, 0.2) is 94.8 Å². The van der Waals surface area contributed by atoms with Crippen molar-refractivity contribution >= 4 is 11.9 Å². The monoisotopic (exact) mass is 456 g/mol. The normalized spacial score (nSPS) is 10.5. The molecule has 0 radical (unpaired) electrons. The van der Waals surface area contributed by atoms with E-state index >= 15 is 0 Å². The molecule has 170 valence electrons. The van der Waals surface area contributed by atoms with Gasteiger partial charge in [-0.05, 0) is 47.5 Å². The Morgan fingerprint density at radius 1 is 0.618 bits per heavy atom. The molecule has 0 saturated heterocycles. The summed E-state index contributed by atoms with van der Waals surface area (Å²) in [5.74, 6) is -1.28. The highest BCUT2D eigenvalue weighted by atomic mass is 16.5. The predicted molar refractivity (Wildman–Crippen MR) is 126 cm³/mol. The minimum Gasteiger partial charge on any atom is -0.465 e. The number of aromatic nitrogens is 2. The third-order valence-electron chi connectivity index (χ3n) is 5.31. The number of nitrogens with zero attached hydrogens (tertiary/aromatic N) is 2. The Kier molecular flexibility index (Phi) is 6.22. The van der Waals surface area contributed by atoms with E-state index in [0.29, 0.717) is 22.5 Å². The molecule has 34 heavy (non-hydrogen) atoms. The van der Waals surface area contributed by atoms with Crippen LogP contribution < -0.4 is 11.1 Å². The van der Waals surface area contributed by atoms with E-state index < -0.39 is 11.9 Å². The first kappa shape index (κ1) is 22.5. The van der Waals surface area contributed by atoms with Crippen LogP contribution in [0.1, 0.15) is 20.7 Å². The van der Waals surface area contributed by atoms with Crippen molar-refractivity contribution in [2.45, 2.75) is 0 Å². The van der Waals surface area contributed by atoms with E-state index in [1.807, 2.05) is 0 Å². The Morgan fingerprint density at radius 3 is 1.38 bits per heavy atom. The van der Waals surface area contributed by atoms with Gasteiger partial charge < -0.3 is 9.47 Å². The zero-order chi connectivity index (χ0) is 24.2. The van der Waals surface area contributed by atoms with E-state index in [1.165, 1.54) is 47.6 Å². The van der Waals surface area contributed by atoms with E-state index in [-0.39, 0.29) is 22.2 Å². The molecule has 0 bridgehead atoms. The molecule has 0 aliphatic heterocycles. The van der Waals surface area contributed by atoms with Gasteiger partial charge in [0.25, 0.3) is 11.1 Å². The maximum absolute atomic E-state index is 12.7. The maximum Gasteiger partial charge on any atom is 0.338 e. The maximum atomic E-state index is 12.7. The summed E-state index contributed by atoms with van der Waals surface area (Å²) >= 11 is 0. The second-order valence-electron chi connectivity index (χ2n) is 7.26. The van der Waals surface area contributed by atoms with Gasteiger partial charge in [-0.15, -0.1) is 0 Å². The molecule has 8 heteroatoms. The van der Waals surface area contributed by atoms with E-state index in [4.69, 9.17) is 9.47 Å². The lowest BCUT2D eigenvalue weighted by molar-refractivity contribution is 0.0590. The van der Waals surface area contributed by atoms with Crippen LogP contribution in [0.3, 0.4) is 0 Å². The van der Waals surface area contributed by atoms with E-state index in [9.17, 15) is 19.2 Å². The minimum atomic E-state index is -0.639. The average Bonchev–Trinajstić information content (AvgIpc) is 2.87. The van der Waals surface area contributed by atoms with E-state index in [0.717, 1.165) is 0 Å². The molecule has 0 spiro atoms. The molecule has 0 aliphatic rings. The standard InChI is InChI=1S/C26H20N2O6/c1-33-25(31)21-15-17(27-13-5-3-7-23(27)29)9-11-19(21)20-12-10-18(16-22(20)26(32)34-2)28-14-6-4-8-24(28)30/h3-16H,1-2H3. The summed E-state index contributed by atoms with van der Waals surface area (Å²) in [6, 6.07) is 19.1. The van der Waals surface area contributed by atoms with Gasteiger partial charge in [0.15, 0.2) is 0 Å². The fraction of sp³-hybridized carbons (Fsp3) is 0.0769. The Labute approximate surface area is 194 Å². The highest BCUT2D eigenvalue weighted by molar-refractivity contribution is 6.04. The largest absolute Gasteiger partial charge is 0.465 e. The van der Waals surface area contributed by atoms with Crippen LogP contribution in [0.4, 0.5) is 0 Å². The second-order valence-corrected chi connectivity index (χ2v) is 7.26. The third kappa shape index (κ3) is 4.16. The fourth-order valence-electron chi connectivity index (χ4n) is 3.67. The summed E-state index contributed by atoms with van der Waals surface area (Å²) in [5.41, 5.74) is 1.52. The van der Waals surface area contributed by atoms with Crippen LogP contribution in [0.5, 0.6) is 0 Å². The van der Waals surface area contributed by atoms with Crippen molar-refractivity contribution in [1.82, 2.24) is 9.13 Å². The summed E-state index contributed by atoms with van der Waals surface area (Å²) in [7, 11) is 2.50. The first-order valence-corrected chi connectivity index (χ1v) is 10.3. The number of carbonyl (C=O) groups is 2. The molecule has 2 aromatic heterocycles. The third-order valence-corrected chi connectivity index (χ3v) is 5.31. The van der Waals surface area contributed by atoms with Gasteiger partial charge in [0.05, 0.1) is 25.3 Å². The van der Waals surface area contributed by atoms with Crippen LogP contribution in [0, 0.1) is 0 Å². The highest BCUT2D eigenvalue weighted by Crippen LogP contribution is 2.31. The van der Waals surface area contributed by atoms with E-state index in [2.05, 4.69) is 0 Å². The van der Waals surface area contributed by atoms with Crippen molar-refractivity contribution in [1.29, 1.82) is 0 Å². The number of ether oxygens (including phenoxy) is 2. The van der Waals surface area contributed by atoms with Gasteiger partial charge in [0.1, 0.15) is 0 Å². The molecule has 8 nitrogen and oxygen atoms in total. The SMILES string of the molecule is COC(=O)c1cc(-n2ccccc2=O)ccc1-c1ccc(-n2ccccc2=O)cc1C(=O)OC. The molecular weight excluding hydrogens is 436 g/mol. The smallest absolute Gasteiger partial charge is 0.338 e. The molecule has 0 fully saturated rings. The topological polar surface area (TPSA) is 96.6 Å². The van der Waals surface area contributed by atoms with Crippen LogP contribution >= 0.6 is 0 Å². The van der Waals surface area contributed by atoms with Gasteiger partial charge in [0, 0.05) is 35.9 Å². The molecule has 0 amide bonds. The molecule has 2 heterocycles. The lowest BCUT2D eigenvalue weighted by Crippen LogP contribution is -2.17. The number of rotatable bonds is 5. The Morgan fingerprint density at radius 2 is 1.03 bits per heavy atom. The van der Waals surface area contributed by atoms with E-state index in [1.54, 1.807) is 60.9 Å². The molecule has 0 N–H and O–H groups in total. The lowest BCUT2D eigenvalue weighted by Gasteiger charge is -2.16. The molecule has 0 unspecified atom stereocenters. The number of pyridine rings is 2. The van der Waals surface area contributed by atoms with Crippen molar-refractivity contribution < 1.29 is 19.1 Å². The number of methoxy groups -OCH3 is 2. The van der Waals surface area contributed by atoms with Crippen molar-refractivity contribution in [3.63, 3.8) is 0 Å². The van der Waals surface area contributed by atoms with Gasteiger partial charge in [-0.25, -0.2) is 9.59 Å². The van der Waals surface area contributed by atoms with Crippen LogP contribution in [0.25, 0.3) is 22.5 Å². The number of carbonyl (C=O) groups excluding carboxylic acids is 2.